The van der Waals surface area contributed by atoms with Crippen molar-refractivity contribution in [3.05, 3.63) is 35.1 Å². The molecule has 2 aliphatic heterocycles. The molecule has 2 fully saturated rings. The number of hydrogen-bond acceptors (Lipinski definition) is 3. The molecule has 1 atom stereocenters. The Bertz CT molecular complexity index is 486. The largest absolute Gasteiger partial charge is 0.314 e. The van der Waals surface area contributed by atoms with Crippen molar-refractivity contribution in [2.75, 3.05) is 39.3 Å². The van der Waals surface area contributed by atoms with E-state index in [2.05, 4.69) is 15.1 Å². The molecule has 22 heavy (non-hydrogen) atoms. The van der Waals surface area contributed by atoms with Gasteiger partial charge < -0.3 is 5.32 Å². The molecule has 0 radical (unpaired) electrons. The Hall–Kier alpha value is -0.820. The Kier molecular flexibility index (Phi) is 6.09. The number of rotatable bonds is 3. The Morgan fingerprint density at radius 3 is 2.32 bits per heavy atom. The molecule has 0 aromatic heterocycles. The summed E-state index contributed by atoms with van der Waals surface area (Å²) in [5.41, 5.74) is 0.493. The standard InChI is InChI=1S/C15H20F3N3.ClH/c16-13-7-11(8-14(17)15(13)18)9-20-4-1-12(10-20)21-5-2-19-3-6-21;/h7-8,12,19H,1-6,9-10H2;1H. The highest BCUT2D eigenvalue weighted by Gasteiger charge is 2.28. The van der Waals surface area contributed by atoms with E-state index in [9.17, 15) is 13.2 Å². The molecule has 0 saturated carbocycles. The fourth-order valence-electron chi connectivity index (χ4n) is 3.26. The second-order valence-corrected chi connectivity index (χ2v) is 5.84. The summed E-state index contributed by atoms with van der Waals surface area (Å²) in [6, 6.07) is 2.70. The second kappa shape index (κ2) is 7.64. The number of halogens is 4. The molecule has 3 rings (SSSR count). The maximum Gasteiger partial charge on any atom is 0.194 e. The third-order valence-corrected chi connectivity index (χ3v) is 4.37. The summed E-state index contributed by atoms with van der Waals surface area (Å²) in [7, 11) is 0. The van der Waals surface area contributed by atoms with Crippen LogP contribution in [0.3, 0.4) is 0 Å². The number of benzene rings is 1. The topological polar surface area (TPSA) is 18.5 Å². The predicted octanol–water partition coefficient (Wildman–Crippen LogP) is 2.01. The van der Waals surface area contributed by atoms with Crippen LogP contribution >= 0.6 is 12.4 Å². The monoisotopic (exact) mass is 335 g/mol. The van der Waals surface area contributed by atoms with Crippen molar-refractivity contribution in [1.82, 2.24) is 15.1 Å². The molecule has 0 bridgehead atoms. The minimum atomic E-state index is -1.39. The van der Waals surface area contributed by atoms with Gasteiger partial charge in [0.05, 0.1) is 0 Å². The summed E-state index contributed by atoms with van der Waals surface area (Å²) in [5.74, 6) is -3.61. The van der Waals surface area contributed by atoms with Gasteiger partial charge in [-0.25, -0.2) is 13.2 Å². The van der Waals surface area contributed by atoms with Crippen LogP contribution in [0.1, 0.15) is 12.0 Å². The van der Waals surface area contributed by atoms with E-state index < -0.39 is 17.5 Å². The van der Waals surface area contributed by atoms with Crippen LogP contribution in [0.5, 0.6) is 0 Å². The molecular formula is C15H21ClF3N3. The molecule has 1 N–H and O–H groups in total. The summed E-state index contributed by atoms with van der Waals surface area (Å²) in [6.45, 7) is 6.43. The van der Waals surface area contributed by atoms with Gasteiger partial charge in [-0.15, -0.1) is 12.4 Å². The summed E-state index contributed by atoms with van der Waals surface area (Å²) < 4.78 is 39.4. The molecule has 124 valence electrons. The highest BCUT2D eigenvalue weighted by Crippen LogP contribution is 2.20. The van der Waals surface area contributed by atoms with Gasteiger partial charge in [-0.2, -0.15) is 0 Å². The van der Waals surface area contributed by atoms with E-state index in [0.717, 1.165) is 57.8 Å². The zero-order valence-electron chi connectivity index (χ0n) is 12.3. The molecule has 0 spiro atoms. The average Bonchev–Trinajstić information content (AvgIpc) is 2.94. The van der Waals surface area contributed by atoms with Crippen LogP contribution in [0.4, 0.5) is 13.2 Å². The van der Waals surface area contributed by atoms with Crippen LogP contribution in [-0.4, -0.2) is 55.1 Å². The van der Waals surface area contributed by atoms with Gasteiger partial charge >= 0.3 is 0 Å². The molecule has 0 aliphatic carbocycles. The number of hydrogen-bond donors (Lipinski definition) is 1. The van der Waals surface area contributed by atoms with E-state index in [1.165, 1.54) is 0 Å². The lowest BCUT2D eigenvalue weighted by atomic mass is 10.2. The number of piperazine rings is 1. The molecule has 2 heterocycles. The van der Waals surface area contributed by atoms with Crippen molar-refractivity contribution in [3.8, 4) is 0 Å². The van der Waals surface area contributed by atoms with Gasteiger partial charge in [-0.05, 0) is 24.1 Å². The van der Waals surface area contributed by atoms with Crippen LogP contribution in [0.15, 0.2) is 12.1 Å². The first-order chi connectivity index (χ1) is 10.1. The first kappa shape index (κ1) is 17.5. The molecule has 0 amide bonds. The van der Waals surface area contributed by atoms with Gasteiger partial charge in [-0.3, -0.25) is 9.80 Å². The number of nitrogens with one attached hydrogen (secondary N) is 1. The van der Waals surface area contributed by atoms with Gasteiger partial charge in [0.15, 0.2) is 17.5 Å². The van der Waals surface area contributed by atoms with E-state index in [1.54, 1.807) is 0 Å². The highest BCUT2D eigenvalue weighted by atomic mass is 35.5. The van der Waals surface area contributed by atoms with Crippen LogP contribution < -0.4 is 5.32 Å². The lowest BCUT2D eigenvalue weighted by Gasteiger charge is -2.32. The SMILES string of the molecule is Cl.Fc1cc(CN2CCC(N3CCNCC3)C2)cc(F)c1F. The lowest BCUT2D eigenvalue weighted by Crippen LogP contribution is -2.49. The Balaban J connectivity index is 0.00000176. The van der Waals surface area contributed by atoms with E-state index in [-0.39, 0.29) is 12.4 Å². The van der Waals surface area contributed by atoms with E-state index in [4.69, 9.17) is 0 Å². The van der Waals surface area contributed by atoms with E-state index in [1.807, 2.05) is 0 Å². The fraction of sp³-hybridized carbons (Fsp3) is 0.600. The van der Waals surface area contributed by atoms with Gasteiger partial charge in [-0.1, -0.05) is 0 Å². The van der Waals surface area contributed by atoms with E-state index >= 15 is 0 Å². The molecule has 2 saturated heterocycles. The Morgan fingerprint density at radius 2 is 1.68 bits per heavy atom. The zero-order valence-corrected chi connectivity index (χ0v) is 13.1. The molecule has 2 aliphatic rings. The normalized spacial score (nSPS) is 23.5. The van der Waals surface area contributed by atoms with Crippen LogP contribution in [0.25, 0.3) is 0 Å². The van der Waals surface area contributed by atoms with Crippen molar-refractivity contribution in [2.24, 2.45) is 0 Å². The first-order valence-electron chi connectivity index (χ1n) is 7.44. The summed E-state index contributed by atoms with van der Waals surface area (Å²) in [6.07, 6.45) is 1.08. The van der Waals surface area contributed by atoms with Crippen LogP contribution in [0.2, 0.25) is 0 Å². The van der Waals surface area contributed by atoms with Gasteiger partial charge in [0.1, 0.15) is 0 Å². The average molecular weight is 336 g/mol. The van der Waals surface area contributed by atoms with Gasteiger partial charge in [0, 0.05) is 51.9 Å². The molecule has 1 aromatic rings. The molecule has 3 nitrogen and oxygen atoms in total. The molecule has 7 heteroatoms. The van der Waals surface area contributed by atoms with Crippen molar-refractivity contribution in [2.45, 2.75) is 19.0 Å². The van der Waals surface area contributed by atoms with Crippen molar-refractivity contribution in [3.63, 3.8) is 0 Å². The highest BCUT2D eigenvalue weighted by molar-refractivity contribution is 5.85. The lowest BCUT2D eigenvalue weighted by molar-refractivity contribution is 0.170. The van der Waals surface area contributed by atoms with E-state index in [0.29, 0.717) is 18.2 Å². The number of nitrogens with zero attached hydrogens (tertiary/aromatic N) is 2. The summed E-state index contributed by atoms with van der Waals surface area (Å²) in [4.78, 5) is 4.65. The maximum atomic E-state index is 13.2. The fourth-order valence-corrected chi connectivity index (χ4v) is 3.26. The molecule has 1 aromatic carbocycles. The smallest absolute Gasteiger partial charge is 0.194 e. The Morgan fingerprint density at radius 1 is 1.05 bits per heavy atom. The first-order valence-corrected chi connectivity index (χ1v) is 7.44. The van der Waals surface area contributed by atoms with Crippen molar-refractivity contribution in [1.29, 1.82) is 0 Å². The quantitative estimate of drug-likeness (QED) is 0.853. The predicted molar refractivity (Wildman–Crippen MR) is 81.7 cm³/mol. The Labute approximate surface area is 134 Å². The second-order valence-electron chi connectivity index (χ2n) is 5.84. The van der Waals surface area contributed by atoms with Gasteiger partial charge in [0.25, 0.3) is 0 Å². The minimum absolute atomic E-state index is 0. The molecular weight excluding hydrogens is 315 g/mol. The third-order valence-electron chi connectivity index (χ3n) is 4.37. The minimum Gasteiger partial charge on any atom is -0.314 e. The van der Waals surface area contributed by atoms with Gasteiger partial charge in [0.2, 0.25) is 0 Å². The molecule has 1 unspecified atom stereocenters. The van der Waals surface area contributed by atoms with Crippen LogP contribution in [0, 0.1) is 17.5 Å². The van der Waals surface area contributed by atoms with Crippen molar-refractivity contribution < 1.29 is 13.2 Å². The summed E-state index contributed by atoms with van der Waals surface area (Å²) in [5, 5.41) is 3.33. The zero-order chi connectivity index (χ0) is 14.8. The number of likely N-dealkylation sites (tertiary alicyclic amines) is 1. The summed E-state index contributed by atoms with van der Waals surface area (Å²) >= 11 is 0. The third kappa shape index (κ3) is 3.93. The maximum absolute atomic E-state index is 13.2. The van der Waals surface area contributed by atoms with Crippen molar-refractivity contribution >= 4 is 12.4 Å². The van der Waals surface area contributed by atoms with Crippen LogP contribution in [-0.2, 0) is 6.54 Å².